The molecule has 2 heterocycles. The van der Waals surface area contributed by atoms with Gasteiger partial charge in [0.2, 0.25) is 5.96 Å². The Labute approximate surface area is 86.0 Å². The van der Waals surface area contributed by atoms with Crippen molar-refractivity contribution in [1.82, 2.24) is 26.1 Å². The lowest BCUT2D eigenvalue weighted by atomic mass is 10.4. The lowest BCUT2D eigenvalue weighted by Gasteiger charge is -2.07. The summed E-state index contributed by atoms with van der Waals surface area (Å²) in [6, 6.07) is 0. The van der Waals surface area contributed by atoms with Gasteiger partial charge < -0.3 is 5.32 Å². The summed E-state index contributed by atoms with van der Waals surface area (Å²) in [6.07, 6.45) is 4.36. The Morgan fingerprint density at radius 1 is 1.47 bits per heavy atom. The van der Waals surface area contributed by atoms with Gasteiger partial charge in [-0.05, 0) is 0 Å². The summed E-state index contributed by atoms with van der Waals surface area (Å²) in [6.45, 7) is 1.49. The number of hydrazine groups is 1. The van der Waals surface area contributed by atoms with Gasteiger partial charge >= 0.3 is 0 Å². The van der Waals surface area contributed by atoms with Crippen LogP contribution in [0.15, 0.2) is 23.6 Å². The highest BCUT2D eigenvalue weighted by atomic mass is 16.2. The van der Waals surface area contributed by atoms with Crippen LogP contribution >= 0.6 is 0 Å². The van der Waals surface area contributed by atoms with Gasteiger partial charge in [-0.15, -0.1) is 0 Å². The van der Waals surface area contributed by atoms with Gasteiger partial charge in [0.25, 0.3) is 5.91 Å². The van der Waals surface area contributed by atoms with E-state index in [2.05, 4.69) is 31.1 Å². The smallest absolute Gasteiger partial charge is 0.289 e. The molecule has 0 spiro atoms. The van der Waals surface area contributed by atoms with Crippen molar-refractivity contribution in [1.29, 1.82) is 0 Å². The van der Waals surface area contributed by atoms with Crippen LogP contribution in [0.2, 0.25) is 0 Å². The third kappa shape index (κ3) is 2.39. The Morgan fingerprint density at radius 3 is 3.07 bits per heavy atom. The van der Waals surface area contributed by atoms with Crippen molar-refractivity contribution in [3.63, 3.8) is 0 Å². The lowest BCUT2D eigenvalue weighted by Crippen LogP contribution is -2.46. The molecular formula is C8H10N6O. The summed E-state index contributed by atoms with van der Waals surface area (Å²) in [5.74, 6) is 0.215. The maximum absolute atomic E-state index is 11.4. The second-order valence-electron chi connectivity index (χ2n) is 2.83. The van der Waals surface area contributed by atoms with Gasteiger partial charge in [-0.3, -0.25) is 25.6 Å². The molecule has 1 aliphatic heterocycles. The highest BCUT2D eigenvalue weighted by molar-refractivity contribution is 5.93. The van der Waals surface area contributed by atoms with E-state index in [-0.39, 0.29) is 11.6 Å². The molecule has 1 aromatic heterocycles. The topological polar surface area (TPSA) is 91.3 Å². The monoisotopic (exact) mass is 206 g/mol. The van der Waals surface area contributed by atoms with Crippen LogP contribution < -0.4 is 16.2 Å². The number of carbonyl (C=O) groups excluding carboxylic acids is 1. The van der Waals surface area contributed by atoms with Gasteiger partial charge in [0, 0.05) is 18.9 Å². The molecule has 2 rings (SSSR count). The molecule has 0 radical (unpaired) electrons. The van der Waals surface area contributed by atoms with E-state index in [4.69, 9.17) is 0 Å². The molecule has 0 aromatic carbocycles. The third-order valence-electron chi connectivity index (χ3n) is 1.76. The van der Waals surface area contributed by atoms with Crippen molar-refractivity contribution in [2.24, 2.45) is 4.99 Å². The number of guanidine groups is 1. The van der Waals surface area contributed by atoms with E-state index in [0.717, 1.165) is 6.54 Å². The molecule has 78 valence electrons. The number of aromatic nitrogens is 2. The predicted molar refractivity (Wildman–Crippen MR) is 52.9 cm³/mol. The molecule has 0 bridgehead atoms. The summed E-state index contributed by atoms with van der Waals surface area (Å²) >= 11 is 0. The van der Waals surface area contributed by atoms with Gasteiger partial charge in [-0.2, -0.15) is 0 Å². The fraction of sp³-hybridized carbons (Fsp3) is 0.250. The highest BCUT2D eigenvalue weighted by Gasteiger charge is 2.08. The van der Waals surface area contributed by atoms with Crippen LogP contribution in [0.1, 0.15) is 10.5 Å². The molecule has 0 atom stereocenters. The van der Waals surface area contributed by atoms with Gasteiger partial charge in [0.1, 0.15) is 5.69 Å². The number of hydrogen-bond donors (Lipinski definition) is 3. The Kier molecular flexibility index (Phi) is 2.72. The van der Waals surface area contributed by atoms with Crippen LogP contribution in [0.5, 0.6) is 0 Å². The SMILES string of the molecule is O=C(NNC1=NCCN1)c1cnccn1. The number of nitrogens with zero attached hydrogens (tertiary/aromatic N) is 3. The second-order valence-corrected chi connectivity index (χ2v) is 2.83. The molecule has 1 aliphatic rings. The predicted octanol–water partition coefficient (Wildman–Crippen LogP) is -1.33. The van der Waals surface area contributed by atoms with E-state index in [9.17, 15) is 4.79 Å². The normalized spacial score (nSPS) is 14.0. The Morgan fingerprint density at radius 2 is 2.40 bits per heavy atom. The average molecular weight is 206 g/mol. The van der Waals surface area contributed by atoms with E-state index < -0.39 is 0 Å². The molecule has 0 saturated carbocycles. The first kappa shape index (κ1) is 9.38. The first-order chi connectivity index (χ1) is 7.36. The van der Waals surface area contributed by atoms with Crippen molar-refractivity contribution in [2.45, 2.75) is 0 Å². The van der Waals surface area contributed by atoms with Crippen LogP contribution in [0.3, 0.4) is 0 Å². The molecule has 3 N–H and O–H groups in total. The van der Waals surface area contributed by atoms with Crippen LogP contribution in [-0.2, 0) is 0 Å². The van der Waals surface area contributed by atoms with Crippen LogP contribution in [0.4, 0.5) is 0 Å². The van der Waals surface area contributed by atoms with Crippen molar-refractivity contribution in [3.05, 3.63) is 24.3 Å². The van der Waals surface area contributed by atoms with Crippen LogP contribution in [0.25, 0.3) is 0 Å². The summed E-state index contributed by atoms with van der Waals surface area (Å²) < 4.78 is 0. The molecule has 1 aromatic rings. The molecular weight excluding hydrogens is 196 g/mol. The lowest BCUT2D eigenvalue weighted by molar-refractivity contribution is 0.0938. The molecule has 15 heavy (non-hydrogen) atoms. The summed E-state index contributed by atoms with van der Waals surface area (Å²) in [5, 5.41) is 2.95. The molecule has 0 unspecified atom stereocenters. The van der Waals surface area contributed by atoms with Crippen LogP contribution in [0, 0.1) is 0 Å². The minimum atomic E-state index is -0.348. The third-order valence-corrected chi connectivity index (χ3v) is 1.76. The van der Waals surface area contributed by atoms with E-state index in [0.29, 0.717) is 12.5 Å². The Hall–Kier alpha value is -2.18. The first-order valence-electron chi connectivity index (χ1n) is 4.47. The van der Waals surface area contributed by atoms with E-state index in [1.165, 1.54) is 18.6 Å². The maximum atomic E-state index is 11.4. The summed E-state index contributed by atoms with van der Waals surface area (Å²) in [4.78, 5) is 23.1. The van der Waals surface area contributed by atoms with Crippen molar-refractivity contribution in [3.8, 4) is 0 Å². The summed E-state index contributed by atoms with van der Waals surface area (Å²) in [7, 11) is 0. The fourth-order valence-electron chi connectivity index (χ4n) is 1.08. The number of hydrogen-bond acceptors (Lipinski definition) is 6. The van der Waals surface area contributed by atoms with Crippen LogP contribution in [-0.4, -0.2) is 34.9 Å². The Balaban J connectivity index is 1.87. The van der Waals surface area contributed by atoms with Gasteiger partial charge in [-0.1, -0.05) is 0 Å². The van der Waals surface area contributed by atoms with E-state index >= 15 is 0 Å². The fourth-order valence-corrected chi connectivity index (χ4v) is 1.08. The van der Waals surface area contributed by atoms with Gasteiger partial charge in [-0.25, -0.2) is 4.98 Å². The van der Waals surface area contributed by atoms with E-state index in [1.54, 1.807) is 0 Å². The maximum Gasteiger partial charge on any atom is 0.289 e. The van der Waals surface area contributed by atoms with Gasteiger partial charge in [0.05, 0.1) is 12.7 Å². The zero-order valence-electron chi connectivity index (χ0n) is 7.90. The number of nitrogens with one attached hydrogen (secondary N) is 3. The molecule has 7 heteroatoms. The minimum Gasteiger partial charge on any atom is -0.353 e. The number of aliphatic imine (C=N–C) groups is 1. The molecule has 1 amide bonds. The number of rotatable bonds is 1. The number of amides is 1. The zero-order chi connectivity index (χ0) is 10.5. The average Bonchev–Trinajstić information content (AvgIpc) is 2.80. The largest absolute Gasteiger partial charge is 0.353 e. The standard InChI is InChI=1S/C8H10N6O/c15-7(6-5-9-1-2-10-6)13-14-8-11-3-4-12-8/h1-2,5H,3-4H2,(H,13,15)(H2,11,12,14). The summed E-state index contributed by atoms with van der Waals surface area (Å²) in [5.41, 5.74) is 5.36. The molecule has 0 fully saturated rings. The second kappa shape index (κ2) is 4.36. The van der Waals surface area contributed by atoms with Crippen molar-refractivity contribution < 1.29 is 4.79 Å². The minimum absolute atomic E-state index is 0.253. The highest BCUT2D eigenvalue weighted by Crippen LogP contribution is 1.88. The number of carbonyl (C=O) groups is 1. The van der Waals surface area contributed by atoms with E-state index in [1.807, 2.05) is 0 Å². The van der Waals surface area contributed by atoms with Gasteiger partial charge in [0.15, 0.2) is 0 Å². The molecule has 0 saturated heterocycles. The molecule has 0 aliphatic carbocycles. The zero-order valence-corrected chi connectivity index (χ0v) is 7.90. The van der Waals surface area contributed by atoms with Crippen molar-refractivity contribution >= 4 is 11.9 Å². The first-order valence-corrected chi connectivity index (χ1v) is 4.47. The Bertz CT molecular complexity index is 376. The van der Waals surface area contributed by atoms with Crippen molar-refractivity contribution in [2.75, 3.05) is 13.1 Å². The quantitative estimate of drug-likeness (QED) is 0.495. The molecule has 7 nitrogen and oxygen atoms in total.